The number of carbonyl (C=O) groups is 1. The van der Waals surface area contributed by atoms with Crippen molar-refractivity contribution in [2.75, 3.05) is 185 Å². The van der Waals surface area contributed by atoms with Gasteiger partial charge in [-0.05, 0) is 12.8 Å². The summed E-state index contributed by atoms with van der Waals surface area (Å²) in [5, 5.41) is 0. The molecule has 0 aliphatic carbocycles. The van der Waals surface area contributed by atoms with E-state index in [2.05, 4.69) is 25.8 Å². The standard InChI is InChI=1S/C50H101N2O12.BrH/c1-4-6-8-9-10-11-12-13-14-15-16-17-18-19-20-21-29-54-30-31-55-32-33-56-34-35-57-36-37-58-38-39-59-40-41-60-42-43-61-44-45-62-46-47-63-48-49-64-50(53)22-23-51-24-27-52(3,28-25-51)26-7-5-2;/h4-49H2,1-3H3;1H/q+1;/p-1. The molecule has 0 radical (unpaired) electrons. The van der Waals surface area contributed by atoms with E-state index in [0.717, 1.165) is 50.2 Å². The number of rotatable bonds is 53. The van der Waals surface area contributed by atoms with Crippen molar-refractivity contribution >= 4 is 5.97 Å². The van der Waals surface area contributed by atoms with Gasteiger partial charge in [0.05, 0.1) is 159 Å². The topological polar surface area (TPSA) is 122 Å². The van der Waals surface area contributed by atoms with Gasteiger partial charge >= 0.3 is 5.97 Å². The number of esters is 1. The third kappa shape index (κ3) is 48.3. The second kappa shape index (κ2) is 52.8. The molecule has 1 heterocycles. The Morgan fingerprint density at radius 3 is 0.985 bits per heavy atom. The molecule has 0 aromatic carbocycles. The number of nitrogens with zero attached hydrogens (tertiary/aromatic N) is 2. The Morgan fingerprint density at radius 2 is 0.662 bits per heavy atom. The number of hydrogen-bond donors (Lipinski definition) is 0. The number of carbonyl (C=O) groups excluding carboxylic acids is 1. The molecule has 1 fully saturated rings. The van der Waals surface area contributed by atoms with Gasteiger partial charge in [-0.1, -0.05) is 117 Å². The van der Waals surface area contributed by atoms with Crippen LogP contribution in [0.2, 0.25) is 0 Å². The Morgan fingerprint density at radius 1 is 0.385 bits per heavy atom. The lowest BCUT2D eigenvalue weighted by molar-refractivity contribution is -0.913. The van der Waals surface area contributed by atoms with Gasteiger partial charge in [0.1, 0.15) is 6.61 Å². The molecule has 1 aliphatic rings. The molecule has 15 heteroatoms. The van der Waals surface area contributed by atoms with Crippen molar-refractivity contribution in [3.05, 3.63) is 0 Å². The summed E-state index contributed by atoms with van der Waals surface area (Å²) in [6.45, 7) is 21.9. The van der Waals surface area contributed by atoms with Crippen LogP contribution in [-0.2, 0) is 56.9 Å². The maximum absolute atomic E-state index is 12.1. The fraction of sp³-hybridized carbons (Fsp3) is 0.980. The molecule has 14 nitrogen and oxygen atoms in total. The van der Waals surface area contributed by atoms with Crippen molar-refractivity contribution in [3.63, 3.8) is 0 Å². The second-order valence-electron chi connectivity index (χ2n) is 17.4. The van der Waals surface area contributed by atoms with Gasteiger partial charge in [-0.25, -0.2) is 0 Å². The van der Waals surface area contributed by atoms with Crippen LogP contribution in [0.15, 0.2) is 0 Å². The van der Waals surface area contributed by atoms with E-state index in [1.54, 1.807) is 0 Å². The molecule has 0 saturated carbocycles. The highest BCUT2D eigenvalue weighted by Gasteiger charge is 2.28. The largest absolute Gasteiger partial charge is 1.00 e. The van der Waals surface area contributed by atoms with Crippen LogP contribution in [0.4, 0.5) is 0 Å². The third-order valence-corrected chi connectivity index (χ3v) is 11.6. The van der Waals surface area contributed by atoms with Gasteiger partial charge < -0.3 is 73.6 Å². The summed E-state index contributed by atoms with van der Waals surface area (Å²) in [6.07, 6.45) is 25.1. The molecule has 0 bridgehead atoms. The maximum atomic E-state index is 12.1. The summed E-state index contributed by atoms with van der Waals surface area (Å²) in [4.78, 5) is 14.5. The predicted molar refractivity (Wildman–Crippen MR) is 255 cm³/mol. The molecule has 0 unspecified atom stereocenters. The van der Waals surface area contributed by atoms with E-state index in [1.807, 2.05) is 0 Å². The average Bonchev–Trinajstić information content (AvgIpc) is 3.30. The molecule has 0 N–H and O–H groups in total. The summed E-state index contributed by atoms with van der Waals surface area (Å²) >= 11 is 0. The highest BCUT2D eigenvalue weighted by Crippen LogP contribution is 2.14. The van der Waals surface area contributed by atoms with Gasteiger partial charge in [-0.15, -0.1) is 0 Å². The lowest BCUT2D eigenvalue weighted by Gasteiger charge is -2.42. The van der Waals surface area contributed by atoms with Crippen molar-refractivity contribution in [2.24, 2.45) is 0 Å². The number of ether oxygens (including phenoxy) is 11. The van der Waals surface area contributed by atoms with Crippen LogP contribution in [0.25, 0.3) is 0 Å². The second-order valence-corrected chi connectivity index (χ2v) is 17.4. The first-order valence-corrected chi connectivity index (χ1v) is 26.1. The molecule has 390 valence electrons. The first-order valence-electron chi connectivity index (χ1n) is 26.1. The predicted octanol–water partition coefficient (Wildman–Crippen LogP) is 4.91. The van der Waals surface area contributed by atoms with Gasteiger partial charge in [0.25, 0.3) is 0 Å². The summed E-state index contributed by atoms with van der Waals surface area (Å²) in [7, 11) is 2.35. The Labute approximate surface area is 408 Å². The van der Waals surface area contributed by atoms with Gasteiger partial charge in [0.15, 0.2) is 0 Å². The minimum Gasteiger partial charge on any atom is -1.00 e. The lowest BCUT2D eigenvalue weighted by atomic mass is 10.0. The van der Waals surface area contributed by atoms with Crippen molar-refractivity contribution in [1.82, 2.24) is 4.90 Å². The lowest BCUT2D eigenvalue weighted by Crippen LogP contribution is -3.00. The van der Waals surface area contributed by atoms with E-state index >= 15 is 0 Å². The number of hydrogen-bond acceptors (Lipinski definition) is 13. The Balaban J connectivity index is 0.0000410. The fourth-order valence-electron chi connectivity index (χ4n) is 7.35. The molecule has 0 aromatic heterocycles. The zero-order valence-corrected chi connectivity index (χ0v) is 43.8. The normalized spacial score (nSPS) is 14.0. The number of piperazine rings is 1. The zero-order valence-electron chi connectivity index (χ0n) is 42.2. The van der Waals surface area contributed by atoms with E-state index in [0.29, 0.717) is 132 Å². The quantitative estimate of drug-likeness (QED) is 0.0467. The van der Waals surface area contributed by atoms with Gasteiger partial charge in [-0.2, -0.15) is 0 Å². The van der Waals surface area contributed by atoms with Crippen LogP contribution in [-0.4, -0.2) is 200 Å². The van der Waals surface area contributed by atoms with E-state index < -0.39 is 0 Å². The van der Waals surface area contributed by atoms with Crippen molar-refractivity contribution in [2.45, 2.75) is 136 Å². The van der Waals surface area contributed by atoms with Crippen LogP contribution >= 0.6 is 0 Å². The molecule has 0 aromatic rings. The van der Waals surface area contributed by atoms with Gasteiger partial charge in [0.2, 0.25) is 0 Å². The van der Waals surface area contributed by atoms with E-state index in [-0.39, 0.29) is 29.6 Å². The van der Waals surface area contributed by atoms with Crippen LogP contribution in [0.3, 0.4) is 0 Å². The average molecular weight is 1000 g/mol. The van der Waals surface area contributed by atoms with Crippen LogP contribution in [0, 0.1) is 0 Å². The first-order chi connectivity index (χ1) is 31.6. The van der Waals surface area contributed by atoms with Gasteiger partial charge in [-0.3, -0.25) is 9.69 Å². The molecule has 0 atom stereocenters. The Hall–Kier alpha value is -0.530. The van der Waals surface area contributed by atoms with Crippen LogP contribution in [0.5, 0.6) is 0 Å². The summed E-state index contributed by atoms with van der Waals surface area (Å²) in [5.41, 5.74) is 0. The minimum absolute atomic E-state index is 0. The molecular weight excluding hydrogens is 900 g/mol. The smallest absolute Gasteiger partial charge is 0.307 e. The molecule has 65 heavy (non-hydrogen) atoms. The monoisotopic (exact) mass is 1000 g/mol. The van der Waals surface area contributed by atoms with Crippen molar-refractivity contribution in [3.8, 4) is 0 Å². The molecule has 1 rings (SSSR count). The molecule has 1 aliphatic heterocycles. The minimum atomic E-state index is -0.160. The summed E-state index contributed by atoms with van der Waals surface area (Å²) in [6, 6.07) is 0. The highest BCUT2D eigenvalue weighted by atomic mass is 79.9. The zero-order chi connectivity index (χ0) is 46.0. The molecule has 0 spiro atoms. The van der Waals surface area contributed by atoms with Crippen LogP contribution < -0.4 is 17.0 Å². The summed E-state index contributed by atoms with van der Waals surface area (Å²) < 4.78 is 62.0. The van der Waals surface area contributed by atoms with E-state index in [9.17, 15) is 4.79 Å². The van der Waals surface area contributed by atoms with E-state index in [4.69, 9.17) is 52.1 Å². The fourth-order valence-corrected chi connectivity index (χ4v) is 7.35. The van der Waals surface area contributed by atoms with Gasteiger partial charge in [0, 0.05) is 26.2 Å². The van der Waals surface area contributed by atoms with Crippen molar-refractivity contribution < 1.29 is 78.4 Å². The summed E-state index contributed by atoms with van der Waals surface area (Å²) in [5.74, 6) is -0.160. The van der Waals surface area contributed by atoms with E-state index in [1.165, 1.54) is 116 Å². The molecular formula is C50H101BrN2O12. The highest BCUT2D eigenvalue weighted by molar-refractivity contribution is 5.69. The molecule has 0 amide bonds. The SMILES string of the molecule is CCCCCCCCCCCCCCCCCCOCCOCCOCCOCCOCCOCCOCCOCCOCCOCCOC(=O)CCN1CC[N+](C)(CCCC)CC1.[Br-]. The first kappa shape index (κ1) is 64.5. The van der Waals surface area contributed by atoms with Crippen molar-refractivity contribution in [1.29, 1.82) is 0 Å². The Bertz CT molecular complexity index is 939. The van der Waals surface area contributed by atoms with Crippen LogP contribution in [0.1, 0.15) is 136 Å². The third-order valence-electron chi connectivity index (χ3n) is 11.6. The number of halogens is 1. The number of likely N-dealkylation sites (N-methyl/N-ethyl adjacent to an activating group) is 1. The Kier molecular flexibility index (Phi) is 52.4. The maximum Gasteiger partial charge on any atom is 0.307 e. The molecule has 1 saturated heterocycles. The number of quaternary nitrogens is 1. The number of unbranched alkanes of at least 4 members (excludes halogenated alkanes) is 16.